The Morgan fingerprint density at radius 2 is 2.29 bits per heavy atom. The van der Waals surface area contributed by atoms with Crippen LogP contribution in [0.2, 0.25) is 0 Å². The number of hydrogen-bond donors (Lipinski definition) is 1. The minimum absolute atomic E-state index is 0.928. The van der Waals surface area contributed by atoms with E-state index in [0.717, 1.165) is 18.8 Å². The van der Waals surface area contributed by atoms with Crippen molar-refractivity contribution in [1.82, 2.24) is 10.3 Å². The van der Waals surface area contributed by atoms with Crippen LogP contribution < -0.4 is 5.32 Å². The Balaban J connectivity index is 2.15. The van der Waals surface area contributed by atoms with Crippen LogP contribution in [0.5, 0.6) is 0 Å². The maximum Gasteiger partial charge on any atom is 0.0372 e. The predicted molar refractivity (Wildman–Crippen MR) is 63.7 cm³/mol. The number of aromatic nitrogens is 1. The molecular formula is C11H18N2S. The van der Waals surface area contributed by atoms with E-state index in [4.69, 9.17) is 0 Å². The van der Waals surface area contributed by atoms with Gasteiger partial charge in [-0.25, -0.2) is 0 Å². The van der Waals surface area contributed by atoms with Crippen molar-refractivity contribution >= 4 is 11.8 Å². The topological polar surface area (TPSA) is 24.9 Å². The zero-order valence-electron chi connectivity index (χ0n) is 8.92. The number of thioether (sulfide) groups is 1. The molecule has 0 saturated carbocycles. The summed E-state index contributed by atoms with van der Waals surface area (Å²) in [6, 6.07) is 4.18. The first-order chi connectivity index (χ1) is 6.83. The molecule has 0 atom stereocenters. The van der Waals surface area contributed by atoms with Crippen LogP contribution in [-0.4, -0.2) is 23.0 Å². The number of pyridine rings is 1. The summed E-state index contributed by atoms with van der Waals surface area (Å²) in [5, 5.41) is 3.40. The summed E-state index contributed by atoms with van der Waals surface area (Å²) in [5.74, 6) is 2.39. The molecule has 0 amide bonds. The molecule has 0 saturated heterocycles. The quantitative estimate of drug-likeness (QED) is 0.729. The van der Waals surface area contributed by atoms with Crippen molar-refractivity contribution in [3.05, 3.63) is 29.6 Å². The standard InChI is InChI=1S/C11H18N2S/c1-3-14-7-6-12-8-11-5-4-10(2)13-9-11/h4-5,9,12H,3,6-8H2,1-2H3. The SMILES string of the molecule is CCSCCNCc1ccc(C)nc1. The van der Waals surface area contributed by atoms with Gasteiger partial charge in [0.05, 0.1) is 0 Å². The largest absolute Gasteiger partial charge is 0.312 e. The Labute approximate surface area is 90.5 Å². The van der Waals surface area contributed by atoms with Crippen LogP contribution in [0.25, 0.3) is 0 Å². The first-order valence-electron chi connectivity index (χ1n) is 5.03. The molecule has 0 fully saturated rings. The highest BCUT2D eigenvalue weighted by atomic mass is 32.2. The molecule has 0 radical (unpaired) electrons. The molecule has 1 aromatic heterocycles. The smallest absolute Gasteiger partial charge is 0.0372 e. The summed E-state index contributed by atoms with van der Waals surface area (Å²) in [6.07, 6.45) is 1.94. The van der Waals surface area contributed by atoms with Crippen LogP contribution in [0.15, 0.2) is 18.3 Å². The van der Waals surface area contributed by atoms with Crippen LogP contribution in [-0.2, 0) is 6.54 Å². The maximum absolute atomic E-state index is 4.25. The van der Waals surface area contributed by atoms with E-state index in [9.17, 15) is 0 Å². The molecule has 0 bridgehead atoms. The molecule has 1 rings (SSSR count). The van der Waals surface area contributed by atoms with E-state index >= 15 is 0 Å². The fraction of sp³-hybridized carbons (Fsp3) is 0.545. The predicted octanol–water partition coefficient (Wildman–Crippen LogP) is 2.23. The molecule has 0 spiro atoms. The Hall–Kier alpha value is -0.540. The van der Waals surface area contributed by atoms with Crippen LogP contribution in [0, 0.1) is 6.92 Å². The van der Waals surface area contributed by atoms with Gasteiger partial charge in [0.15, 0.2) is 0 Å². The Bertz CT molecular complexity index is 246. The van der Waals surface area contributed by atoms with Gasteiger partial charge in [-0.3, -0.25) is 4.98 Å². The molecule has 0 aliphatic heterocycles. The average Bonchev–Trinajstić information content (AvgIpc) is 2.21. The fourth-order valence-electron chi connectivity index (χ4n) is 1.12. The van der Waals surface area contributed by atoms with Crippen molar-refractivity contribution in [1.29, 1.82) is 0 Å². The molecule has 1 heterocycles. The van der Waals surface area contributed by atoms with E-state index in [1.165, 1.54) is 17.1 Å². The maximum atomic E-state index is 4.25. The molecule has 0 aliphatic rings. The fourth-order valence-corrected chi connectivity index (χ4v) is 1.70. The monoisotopic (exact) mass is 210 g/mol. The van der Waals surface area contributed by atoms with Gasteiger partial charge in [0, 0.05) is 30.7 Å². The van der Waals surface area contributed by atoms with Gasteiger partial charge in [-0.15, -0.1) is 0 Å². The third-order valence-electron chi connectivity index (χ3n) is 1.93. The molecule has 2 nitrogen and oxygen atoms in total. The van der Waals surface area contributed by atoms with Crippen LogP contribution in [0.3, 0.4) is 0 Å². The zero-order chi connectivity index (χ0) is 10.2. The Morgan fingerprint density at radius 3 is 2.93 bits per heavy atom. The summed E-state index contributed by atoms with van der Waals surface area (Å²) in [4.78, 5) is 4.25. The molecule has 1 aromatic rings. The summed E-state index contributed by atoms with van der Waals surface area (Å²) in [5.41, 5.74) is 2.34. The summed E-state index contributed by atoms with van der Waals surface area (Å²) >= 11 is 1.97. The summed E-state index contributed by atoms with van der Waals surface area (Å²) in [6.45, 7) is 6.20. The number of nitrogens with zero attached hydrogens (tertiary/aromatic N) is 1. The minimum atomic E-state index is 0.928. The summed E-state index contributed by atoms with van der Waals surface area (Å²) in [7, 11) is 0. The van der Waals surface area contributed by atoms with Crippen molar-refractivity contribution in [3.8, 4) is 0 Å². The molecule has 3 heteroatoms. The van der Waals surface area contributed by atoms with E-state index < -0.39 is 0 Å². The third kappa shape index (κ3) is 4.63. The Kier molecular flexibility index (Phi) is 5.64. The molecule has 0 aromatic carbocycles. The molecular weight excluding hydrogens is 192 g/mol. The number of rotatable bonds is 6. The van der Waals surface area contributed by atoms with Gasteiger partial charge < -0.3 is 5.32 Å². The lowest BCUT2D eigenvalue weighted by Gasteiger charge is -2.03. The lowest BCUT2D eigenvalue weighted by molar-refractivity contribution is 0.729. The lowest BCUT2D eigenvalue weighted by Crippen LogP contribution is -2.16. The Morgan fingerprint density at radius 1 is 1.43 bits per heavy atom. The third-order valence-corrected chi connectivity index (χ3v) is 2.83. The normalized spacial score (nSPS) is 10.4. The van der Waals surface area contributed by atoms with Gasteiger partial charge in [0.1, 0.15) is 0 Å². The highest BCUT2D eigenvalue weighted by Gasteiger charge is 1.92. The second-order valence-electron chi connectivity index (χ2n) is 3.18. The van der Waals surface area contributed by atoms with E-state index in [1.54, 1.807) is 0 Å². The van der Waals surface area contributed by atoms with Crippen LogP contribution in [0.1, 0.15) is 18.2 Å². The van der Waals surface area contributed by atoms with Gasteiger partial charge in [-0.05, 0) is 24.3 Å². The van der Waals surface area contributed by atoms with Gasteiger partial charge in [0.2, 0.25) is 0 Å². The van der Waals surface area contributed by atoms with Crippen LogP contribution in [0.4, 0.5) is 0 Å². The lowest BCUT2D eigenvalue weighted by atomic mass is 10.2. The first kappa shape index (κ1) is 11.5. The molecule has 1 N–H and O–H groups in total. The van der Waals surface area contributed by atoms with Crippen molar-refractivity contribution in [2.45, 2.75) is 20.4 Å². The number of nitrogens with one attached hydrogen (secondary N) is 1. The highest BCUT2D eigenvalue weighted by molar-refractivity contribution is 7.99. The minimum Gasteiger partial charge on any atom is -0.312 e. The highest BCUT2D eigenvalue weighted by Crippen LogP contribution is 1.99. The number of hydrogen-bond acceptors (Lipinski definition) is 3. The molecule has 78 valence electrons. The average molecular weight is 210 g/mol. The molecule has 0 aliphatic carbocycles. The second kappa shape index (κ2) is 6.85. The second-order valence-corrected chi connectivity index (χ2v) is 4.58. The van der Waals surface area contributed by atoms with E-state index in [1.807, 2.05) is 24.9 Å². The summed E-state index contributed by atoms with van der Waals surface area (Å²) < 4.78 is 0. The van der Waals surface area contributed by atoms with Crippen molar-refractivity contribution in [2.24, 2.45) is 0 Å². The van der Waals surface area contributed by atoms with Gasteiger partial charge >= 0.3 is 0 Å². The van der Waals surface area contributed by atoms with E-state index in [-0.39, 0.29) is 0 Å². The van der Waals surface area contributed by atoms with E-state index in [0.29, 0.717) is 0 Å². The van der Waals surface area contributed by atoms with Gasteiger partial charge in [-0.1, -0.05) is 13.0 Å². The van der Waals surface area contributed by atoms with Gasteiger partial charge in [-0.2, -0.15) is 11.8 Å². The molecule has 14 heavy (non-hydrogen) atoms. The molecule has 0 unspecified atom stereocenters. The zero-order valence-corrected chi connectivity index (χ0v) is 9.73. The van der Waals surface area contributed by atoms with Crippen molar-refractivity contribution in [2.75, 3.05) is 18.1 Å². The van der Waals surface area contributed by atoms with Crippen molar-refractivity contribution in [3.63, 3.8) is 0 Å². The first-order valence-corrected chi connectivity index (χ1v) is 6.18. The van der Waals surface area contributed by atoms with Gasteiger partial charge in [0.25, 0.3) is 0 Å². The van der Waals surface area contributed by atoms with Crippen LogP contribution >= 0.6 is 11.8 Å². The van der Waals surface area contributed by atoms with E-state index in [2.05, 4.69) is 29.4 Å². The number of aryl methyl sites for hydroxylation is 1. The van der Waals surface area contributed by atoms with Crippen molar-refractivity contribution < 1.29 is 0 Å².